The van der Waals surface area contributed by atoms with Gasteiger partial charge in [0, 0.05) is 0 Å². The Labute approximate surface area is 125 Å². The van der Waals surface area contributed by atoms with Gasteiger partial charge in [0.15, 0.2) is 0 Å². The average Bonchev–Trinajstić information content (AvgIpc) is 2.47. The van der Waals surface area contributed by atoms with Gasteiger partial charge in [-0.3, -0.25) is 4.72 Å². The van der Waals surface area contributed by atoms with Gasteiger partial charge in [0.25, 0.3) is 0 Å². The molecule has 0 aromatic heterocycles. The molecule has 0 unspecified atom stereocenters. The van der Waals surface area contributed by atoms with Gasteiger partial charge < -0.3 is 5.11 Å². The molecule has 2 aromatic carbocycles. The summed E-state index contributed by atoms with van der Waals surface area (Å²) in [7, 11) is -3.48. The van der Waals surface area contributed by atoms with Crippen LogP contribution in [0, 0.1) is 0 Å². The quantitative estimate of drug-likeness (QED) is 0.862. The van der Waals surface area contributed by atoms with Crippen molar-refractivity contribution in [3.63, 3.8) is 0 Å². The fourth-order valence-corrected chi connectivity index (χ4v) is 3.39. The molecule has 0 aliphatic heterocycles. The fraction of sp³-hybridized carbons (Fsp3) is 0.250. The van der Waals surface area contributed by atoms with Gasteiger partial charge in [-0.25, -0.2) is 8.42 Å². The van der Waals surface area contributed by atoms with E-state index in [0.29, 0.717) is 16.8 Å². The fourth-order valence-electron chi connectivity index (χ4n) is 2.17. The predicted molar refractivity (Wildman–Crippen MR) is 84.4 cm³/mol. The van der Waals surface area contributed by atoms with Gasteiger partial charge in [-0.15, -0.1) is 0 Å². The van der Waals surface area contributed by atoms with Gasteiger partial charge in [0.1, 0.15) is 0 Å². The number of anilines is 1. The van der Waals surface area contributed by atoms with Crippen molar-refractivity contribution >= 4 is 15.7 Å². The van der Waals surface area contributed by atoms with Crippen LogP contribution < -0.4 is 4.72 Å². The van der Waals surface area contributed by atoms with E-state index in [0.717, 1.165) is 12.0 Å². The smallest absolute Gasteiger partial charge is 0.236 e. The Bertz CT molecular complexity index is 711. The summed E-state index contributed by atoms with van der Waals surface area (Å²) >= 11 is 0. The molecule has 0 bridgehead atoms. The number of aliphatic hydroxyl groups is 1. The number of para-hydroxylation sites is 1. The standard InChI is InChI=1S/C16H19NO3S/c1-2-15-8-3-4-9-16(15)17-21(19,20)12-14-7-5-6-13(10-14)11-18/h3-10,17-18H,2,11-12H2,1H3. The normalized spacial score (nSPS) is 11.3. The van der Waals surface area contributed by atoms with Gasteiger partial charge in [-0.1, -0.05) is 49.4 Å². The average molecular weight is 305 g/mol. The van der Waals surface area contributed by atoms with Crippen molar-refractivity contribution in [2.45, 2.75) is 25.7 Å². The first-order valence-corrected chi connectivity index (χ1v) is 8.46. The van der Waals surface area contributed by atoms with Crippen LogP contribution in [-0.4, -0.2) is 13.5 Å². The molecule has 0 heterocycles. The minimum atomic E-state index is -3.48. The number of aliphatic hydroxyl groups excluding tert-OH is 1. The molecule has 0 radical (unpaired) electrons. The van der Waals surface area contributed by atoms with Crippen molar-refractivity contribution in [1.29, 1.82) is 0 Å². The predicted octanol–water partition coefficient (Wildman–Crippen LogP) is 2.68. The van der Waals surface area contributed by atoms with E-state index < -0.39 is 10.0 Å². The van der Waals surface area contributed by atoms with Crippen LogP contribution in [-0.2, 0) is 28.8 Å². The lowest BCUT2D eigenvalue weighted by Gasteiger charge is -2.12. The molecule has 2 aromatic rings. The van der Waals surface area contributed by atoms with Crippen LogP contribution in [0.15, 0.2) is 48.5 Å². The Balaban J connectivity index is 2.18. The topological polar surface area (TPSA) is 66.4 Å². The van der Waals surface area contributed by atoms with E-state index >= 15 is 0 Å². The van der Waals surface area contributed by atoms with Crippen LogP contribution >= 0.6 is 0 Å². The number of nitrogens with one attached hydrogen (secondary N) is 1. The Kier molecular flexibility index (Phi) is 4.98. The van der Waals surface area contributed by atoms with Gasteiger partial charge in [0.05, 0.1) is 18.0 Å². The molecule has 21 heavy (non-hydrogen) atoms. The lowest BCUT2D eigenvalue weighted by Crippen LogP contribution is -2.16. The van der Waals surface area contributed by atoms with E-state index in [4.69, 9.17) is 5.11 Å². The number of hydrogen-bond acceptors (Lipinski definition) is 3. The third kappa shape index (κ3) is 4.31. The maximum Gasteiger partial charge on any atom is 0.236 e. The van der Waals surface area contributed by atoms with Crippen LogP contribution in [0.5, 0.6) is 0 Å². The minimum Gasteiger partial charge on any atom is -0.392 e. The number of sulfonamides is 1. The van der Waals surface area contributed by atoms with E-state index in [1.54, 1.807) is 30.3 Å². The minimum absolute atomic E-state index is 0.0972. The van der Waals surface area contributed by atoms with Crippen LogP contribution in [0.4, 0.5) is 5.69 Å². The van der Waals surface area contributed by atoms with Gasteiger partial charge in [-0.05, 0) is 29.2 Å². The maximum atomic E-state index is 12.3. The molecule has 0 aliphatic rings. The largest absolute Gasteiger partial charge is 0.392 e. The molecular formula is C16H19NO3S. The van der Waals surface area contributed by atoms with Crippen molar-refractivity contribution in [2.75, 3.05) is 4.72 Å². The van der Waals surface area contributed by atoms with E-state index in [1.165, 1.54) is 0 Å². The van der Waals surface area contributed by atoms with Crippen LogP contribution in [0.1, 0.15) is 23.6 Å². The molecule has 0 fully saturated rings. The van der Waals surface area contributed by atoms with Crippen LogP contribution in [0.25, 0.3) is 0 Å². The van der Waals surface area contributed by atoms with Gasteiger partial charge in [0.2, 0.25) is 10.0 Å². The van der Waals surface area contributed by atoms with E-state index in [2.05, 4.69) is 4.72 Å². The van der Waals surface area contributed by atoms with Crippen LogP contribution in [0.2, 0.25) is 0 Å². The summed E-state index contributed by atoms with van der Waals surface area (Å²) in [6, 6.07) is 14.3. The number of benzene rings is 2. The summed E-state index contributed by atoms with van der Waals surface area (Å²) in [5.74, 6) is -0.112. The first-order chi connectivity index (χ1) is 10.0. The monoisotopic (exact) mass is 305 g/mol. The molecule has 0 atom stereocenters. The van der Waals surface area contributed by atoms with E-state index in [1.807, 2.05) is 25.1 Å². The second-order valence-corrected chi connectivity index (χ2v) is 6.57. The first-order valence-electron chi connectivity index (χ1n) is 6.81. The van der Waals surface area contributed by atoms with Gasteiger partial charge >= 0.3 is 0 Å². The SMILES string of the molecule is CCc1ccccc1NS(=O)(=O)Cc1cccc(CO)c1. The molecule has 0 saturated carbocycles. The molecule has 0 saturated heterocycles. The number of hydrogen-bond donors (Lipinski definition) is 2. The maximum absolute atomic E-state index is 12.3. The molecule has 2 N–H and O–H groups in total. The second kappa shape index (κ2) is 6.74. The summed E-state index contributed by atoms with van der Waals surface area (Å²) in [6.45, 7) is 1.89. The van der Waals surface area contributed by atoms with Crippen molar-refractivity contribution in [3.8, 4) is 0 Å². The Morgan fingerprint density at radius 3 is 2.48 bits per heavy atom. The highest BCUT2D eigenvalue weighted by molar-refractivity contribution is 7.91. The van der Waals surface area contributed by atoms with E-state index in [9.17, 15) is 8.42 Å². The molecule has 2 rings (SSSR count). The Hall–Kier alpha value is -1.85. The third-order valence-corrected chi connectivity index (χ3v) is 4.44. The highest BCUT2D eigenvalue weighted by Crippen LogP contribution is 2.19. The summed E-state index contributed by atoms with van der Waals surface area (Å²) in [4.78, 5) is 0. The van der Waals surface area contributed by atoms with Crippen molar-refractivity contribution in [1.82, 2.24) is 0 Å². The number of rotatable bonds is 6. The van der Waals surface area contributed by atoms with E-state index in [-0.39, 0.29) is 12.4 Å². The molecule has 0 aliphatic carbocycles. The van der Waals surface area contributed by atoms with Crippen LogP contribution in [0.3, 0.4) is 0 Å². The zero-order chi connectivity index (χ0) is 15.3. The summed E-state index contributed by atoms with van der Waals surface area (Å²) in [5, 5.41) is 9.10. The molecule has 5 heteroatoms. The highest BCUT2D eigenvalue weighted by atomic mass is 32.2. The summed E-state index contributed by atoms with van der Waals surface area (Å²) in [6.07, 6.45) is 0.763. The summed E-state index contributed by atoms with van der Waals surface area (Å²) in [5.41, 5.74) is 2.95. The third-order valence-electron chi connectivity index (χ3n) is 3.19. The first kappa shape index (κ1) is 15.5. The Morgan fingerprint density at radius 1 is 1.05 bits per heavy atom. The molecular weight excluding hydrogens is 286 g/mol. The van der Waals surface area contributed by atoms with Crippen molar-refractivity contribution in [2.24, 2.45) is 0 Å². The van der Waals surface area contributed by atoms with Crippen molar-refractivity contribution in [3.05, 3.63) is 65.2 Å². The molecule has 0 spiro atoms. The van der Waals surface area contributed by atoms with Gasteiger partial charge in [-0.2, -0.15) is 0 Å². The zero-order valence-corrected chi connectivity index (χ0v) is 12.7. The highest BCUT2D eigenvalue weighted by Gasteiger charge is 2.13. The molecule has 0 amide bonds. The molecule has 4 nitrogen and oxygen atoms in total. The lowest BCUT2D eigenvalue weighted by molar-refractivity contribution is 0.282. The summed E-state index contributed by atoms with van der Waals surface area (Å²) < 4.78 is 27.2. The lowest BCUT2D eigenvalue weighted by atomic mass is 10.1. The van der Waals surface area contributed by atoms with Crippen molar-refractivity contribution < 1.29 is 13.5 Å². The Morgan fingerprint density at radius 2 is 1.76 bits per heavy atom. The molecule has 112 valence electrons. The number of aryl methyl sites for hydroxylation is 1. The second-order valence-electron chi connectivity index (χ2n) is 4.85. The zero-order valence-electron chi connectivity index (χ0n) is 11.9.